The highest BCUT2D eigenvalue weighted by molar-refractivity contribution is 7.13. The summed E-state index contributed by atoms with van der Waals surface area (Å²) in [5.41, 5.74) is 9.50. The number of aryl methyl sites for hydroxylation is 1. The third-order valence-electron chi connectivity index (χ3n) is 7.06. The zero-order valence-electron chi connectivity index (χ0n) is 27.3. The average molecular weight is 704 g/mol. The molecule has 6 N–H and O–H groups in total. The van der Waals surface area contributed by atoms with Crippen LogP contribution in [0.15, 0.2) is 29.8 Å². The van der Waals surface area contributed by atoms with Gasteiger partial charge in [0, 0.05) is 32.5 Å². The van der Waals surface area contributed by atoms with Crippen LogP contribution in [0.5, 0.6) is 0 Å². The topological polar surface area (TPSA) is 193 Å². The molecular formula is C31H44F3N5O8S. The minimum atomic E-state index is -5.08. The number of nitrogens with zero attached hydrogens (tertiary/aromatic N) is 2. The van der Waals surface area contributed by atoms with Crippen LogP contribution >= 0.6 is 11.3 Å². The molecule has 1 aromatic heterocycles. The minimum Gasteiger partial charge on any atom is -0.475 e. The number of aromatic nitrogens is 1. The third kappa shape index (κ3) is 13.1. The highest BCUT2D eigenvalue weighted by Gasteiger charge is 2.44. The van der Waals surface area contributed by atoms with Gasteiger partial charge in [0.05, 0.1) is 48.6 Å². The lowest BCUT2D eigenvalue weighted by atomic mass is 9.85. The van der Waals surface area contributed by atoms with Crippen LogP contribution in [-0.2, 0) is 35.2 Å². The van der Waals surface area contributed by atoms with Crippen molar-refractivity contribution < 1.29 is 52.0 Å². The summed E-state index contributed by atoms with van der Waals surface area (Å²) in [6.45, 7) is 9.61. The van der Waals surface area contributed by atoms with E-state index in [2.05, 4.69) is 15.6 Å². The monoisotopic (exact) mass is 703 g/mol. The Hall–Kier alpha value is -3.64. The molecule has 0 radical (unpaired) electrons. The second-order valence-electron chi connectivity index (χ2n) is 12.0. The predicted molar refractivity (Wildman–Crippen MR) is 171 cm³/mol. The standard InChI is InChI=1S/C29H43N5O6S.C2HF3O2/c1-19-25(41-18-32-19)21-7-5-20(6-8-21)16-31-27(37)23-15-22(35)17-34(23)28(38)26(29(2,3)4)33-24(36)9-11-39-13-14-40-12-10-30;3-2(4,5)1(6)7/h5-8,18,22-23,26,35H,9-17,30H2,1-4H3,(H,31,37)(H,33,36);(H,6,7)/t22-,23+,26-;/m1./s1. The van der Waals surface area contributed by atoms with Crippen molar-refractivity contribution in [3.63, 3.8) is 0 Å². The van der Waals surface area contributed by atoms with E-state index < -0.39 is 41.7 Å². The largest absolute Gasteiger partial charge is 0.490 e. The van der Waals surface area contributed by atoms with E-state index in [-0.39, 0.29) is 44.4 Å². The van der Waals surface area contributed by atoms with Crippen LogP contribution in [-0.4, -0.2) is 108 Å². The Morgan fingerprint density at radius 3 is 2.21 bits per heavy atom. The number of aliphatic hydroxyl groups is 1. The molecule has 48 heavy (non-hydrogen) atoms. The molecule has 0 bridgehead atoms. The van der Waals surface area contributed by atoms with E-state index in [1.807, 2.05) is 57.5 Å². The Bertz CT molecular complexity index is 1350. The predicted octanol–water partition coefficient (Wildman–Crippen LogP) is 2.24. The number of benzene rings is 1. The molecule has 0 unspecified atom stereocenters. The molecule has 3 rings (SSSR count). The molecule has 3 atom stereocenters. The first kappa shape index (κ1) is 40.5. The molecule has 1 fully saturated rings. The fraction of sp³-hybridized carbons (Fsp3) is 0.581. The molecule has 1 aliphatic heterocycles. The second kappa shape index (κ2) is 18.8. The van der Waals surface area contributed by atoms with Gasteiger partial charge in [-0.25, -0.2) is 9.78 Å². The minimum absolute atomic E-state index is 0.0220. The first-order valence-electron chi connectivity index (χ1n) is 15.2. The molecule has 0 saturated carbocycles. The molecule has 1 aromatic carbocycles. The van der Waals surface area contributed by atoms with Crippen molar-refractivity contribution in [2.45, 2.75) is 71.4 Å². The van der Waals surface area contributed by atoms with Crippen LogP contribution < -0.4 is 16.4 Å². The van der Waals surface area contributed by atoms with Crippen LogP contribution in [0, 0.1) is 12.3 Å². The number of rotatable bonds is 14. The number of ether oxygens (including phenoxy) is 2. The Morgan fingerprint density at radius 2 is 1.69 bits per heavy atom. The van der Waals surface area contributed by atoms with Gasteiger partial charge in [-0.1, -0.05) is 45.0 Å². The number of amides is 3. The zero-order valence-corrected chi connectivity index (χ0v) is 28.2. The van der Waals surface area contributed by atoms with Crippen molar-refractivity contribution in [3.8, 4) is 10.4 Å². The summed E-state index contributed by atoms with van der Waals surface area (Å²) in [6.07, 6.45) is -5.71. The number of nitrogens with two attached hydrogens (primary N) is 1. The van der Waals surface area contributed by atoms with Crippen molar-refractivity contribution in [3.05, 3.63) is 41.0 Å². The van der Waals surface area contributed by atoms with Crippen LogP contribution in [0.4, 0.5) is 13.2 Å². The number of carboxylic acids is 1. The third-order valence-corrected chi connectivity index (χ3v) is 8.04. The van der Waals surface area contributed by atoms with Gasteiger partial charge in [-0.05, 0) is 23.5 Å². The number of aliphatic carboxylic acids is 1. The summed E-state index contributed by atoms with van der Waals surface area (Å²) in [7, 11) is 0. The van der Waals surface area contributed by atoms with E-state index >= 15 is 0 Å². The van der Waals surface area contributed by atoms with E-state index in [9.17, 15) is 32.7 Å². The van der Waals surface area contributed by atoms with Crippen LogP contribution in [0.2, 0.25) is 0 Å². The Labute approximate surface area is 281 Å². The molecule has 2 aromatic rings. The zero-order chi connectivity index (χ0) is 36.1. The van der Waals surface area contributed by atoms with E-state index in [0.29, 0.717) is 26.4 Å². The lowest BCUT2D eigenvalue weighted by Gasteiger charge is -2.35. The van der Waals surface area contributed by atoms with Gasteiger partial charge >= 0.3 is 12.1 Å². The maximum Gasteiger partial charge on any atom is 0.490 e. The Balaban J connectivity index is 0.00000103. The van der Waals surface area contributed by atoms with E-state index in [1.165, 1.54) is 4.90 Å². The van der Waals surface area contributed by atoms with Gasteiger partial charge < -0.3 is 41.0 Å². The molecule has 17 heteroatoms. The van der Waals surface area contributed by atoms with Crippen molar-refractivity contribution in [2.75, 3.05) is 39.5 Å². The summed E-state index contributed by atoms with van der Waals surface area (Å²) < 4.78 is 42.4. The molecular weight excluding hydrogens is 659 g/mol. The van der Waals surface area contributed by atoms with Crippen molar-refractivity contribution in [2.24, 2.45) is 11.1 Å². The maximum absolute atomic E-state index is 13.7. The van der Waals surface area contributed by atoms with Crippen molar-refractivity contribution in [1.82, 2.24) is 20.5 Å². The summed E-state index contributed by atoms with van der Waals surface area (Å²) in [5.74, 6) is -3.84. The lowest BCUT2D eigenvalue weighted by Crippen LogP contribution is -2.57. The molecule has 0 aliphatic carbocycles. The molecule has 1 saturated heterocycles. The van der Waals surface area contributed by atoms with Crippen LogP contribution in [0.3, 0.4) is 0 Å². The lowest BCUT2D eigenvalue weighted by molar-refractivity contribution is -0.192. The molecule has 0 spiro atoms. The smallest absolute Gasteiger partial charge is 0.475 e. The van der Waals surface area contributed by atoms with E-state index in [0.717, 1.165) is 21.7 Å². The summed E-state index contributed by atoms with van der Waals surface area (Å²) >= 11 is 1.58. The van der Waals surface area contributed by atoms with Gasteiger partial charge in [-0.3, -0.25) is 14.4 Å². The van der Waals surface area contributed by atoms with Gasteiger partial charge in [0.2, 0.25) is 17.7 Å². The number of nitrogens with one attached hydrogen (secondary N) is 2. The number of aliphatic hydroxyl groups excluding tert-OH is 1. The molecule has 2 heterocycles. The Morgan fingerprint density at radius 1 is 1.08 bits per heavy atom. The van der Waals surface area contributed by atoms with Gasteiger partial charge in [0.1, 0.15) is 12.1 Å². The van der Waals surface area contributed by atoms with Crippen LogP contribution in [0.1, 0.15) is 44.9 Å². The maximum atomic E-state index is 13.7. The SMILES string of the molecule is Cc1ncsc1-c1ccc(CNC(=O)[C@@H]2C[C@@H](O)CN2C(=O)[C@@H](NC(=O)CCOCCOCCN)C(C)(C)C)cc1.O=C(O)C(F)(F)F. The van der Waals surface area contributed by atoms with Crippen molar-refractivity contribution in [1.29, 1.82) is 0 Å². The van der Waals surface area contributed by atoms with Crippen molar-refractivity contribution >= 4 is 35.0 Å². The summed E-state index contributed by atoms with van der Waals surface area (Å²) in [6, 6.07) is 6.16. The number of carbonyl (C=O) groups excluding carboxylic acids is 3. The molecule has 268 valence electrons. The van der Waals surface area contributed by atoms with Crippen LogP contribution in [0.25, 0.3) is 10.4 Å². The molecule has 13 nitrogen and oxygen atoms in total. The molecule has 1 aliphatic rings. The number of alkyl halides is 3. The number of β-amino-alcohol motifs (C(OH)–C–C–N with tert-alkyl or cyclic N) is 1. The van der Waals surface area contributed by atoms with E-state index in [4.69, 9.17) is 25.1 Å². The highest BCUT2D eigenvalue weighted by Crippen LogP contribution is 2.28. The number of hydrogen-bond acceptors (Lipinski definition) is 10. The first-order valence-corrected chi connectivity index (χ1v) is 16.0. The first-order chi connectivity index (χ1) is 22.4. The highest BCUT2D eigenvalue weighted by atomic mass is 32.1. The van der Waals surface area contributed by atoms with Gasteiger partial charge in [-0.2, -0.15) is 13.2 Å². The average Bonchev–Trinajstić information content (AvgIpc) is 3.62. The normalized spacial score (nSPS) is 16.9. The number of halogens is 3. The number of thiazole rings is 1. The Kier molecular flexibility index (Phi) is 15.9. The quantitative estimate of drug-likeness (QED) is 0.182. The summed E-state index contributed by atoms with van der Waals surface area (Å²) in [4.78, 5) is 55.2. The van der Waals surface area contributed by atoms with E-state index in [1.54, 1.807) is 11.3 Å². The van der Waals surface area contributed by atoms with Gasteiger partial charge in [0.15, 0.2) is 0 Å². The number of likely N-dealkylation sites (tertiary alicyclic amines) is 1. The fourth-order valence-electron chi connectivity index (χ4n) is 4.58. The number of carbonyl (C=O) groups is 4. The van der Waals surface area contributed by atoms with Gasteiger partial charge in [-0.15, -0.1) is 11.3 Å². The summed E-state index contributed by atoms with van der Waals surface area (Å²) in [5, 5.41) is 23.2. The number of hydrogen-bond donors (Lipinski definition) is 5. The second-order valence-corrected chi connectivity index (χ2v) is 12.9. The fourth-order valence-corrected chi connectivity index (χ4v) is 5.40. The molecule has 3 amide bonds. The van der Waals surface area contributed by atoms with Gasteiger partial charge in [0.25, 0.3) is 0 Å². The number of carboxylic acid groups (broad SMARTS) is 1.